The van der Waals surface area contributed by atoms with Crippen molar-refractivity contribution in [3.63, 3.8) is 0 Å². The van der Waals surface area contributed by atoms with Gasteiger partial charge in [0.05, 0.1) is 18.7 Å². The number of ether oxygens (including phenoxy) is 1. The minimum absolute atomic E-state index is 0.552. The molecular formula is C9H12ClNOS. The van der Waals surface area contributed by atoms with Crippen LogP contribution >= 0.6 is 24.2 Å². The monoisotopic (exact) mass is 217 g/mol. The fraction of sp³-hybridized carbons (Fsp3) is 0.333. The van der Waals surface area contributed by atoms with E-state index in [1.807, 2.05) is 19.1 Å². The lowest BCUT2D eigenvalue weighted by atomic mass is 10.2. The molecule has 1 aromatic rings. The molecule has 1 N–H and O–H groups in total. The second kappa shape index (κ2) is 4.63. The highest BCUT2D eigenvalue weighted by atomic mass is 35.5. The first-order valence-electron chi connectivity index (χ1n) is 3.88. The number of aryl methyl sites for hydroxylation is 1. The van der Waals surface area contributed by atoms with Gasteiger partial charge >= 0.3 is 0 Å². The number of methoxy groups -OCH3 is 1. The third-order valence-corrected chi connectivity index (χ3v) is 2.09. The highest BCUT2D eigenvalue weighted by molar-refractivity contribution is 7.80. The Balaban J connectivity index is 3.13. The summed E-state index contributed by atoms with van der Waals surface area (Å²) in [6, 6.07) is 3.69. The number of hydrogen-bond acceptors (Lipinski definition) is 3. The van der Waals surface area contributed by atoms with Crippen LogP contribution in [0.4, 0.5) is 5.69 Å². The summed E-state index contributed by atoms with van der Waals surface area (Å²) in [5, 5.41) is 3.76. The molecule has 0 atom stereocenters. The maximum atomic E-state index is 5.89. The summed E-state index contributed by atoms with van der Waals surface area (Å²) in [5.74, 6) is 1.37. The van der Waals surface area contributed by atoms with E-state index < -0.39 is 0 Å². The second-order valence-corrected chi connectivity index (χ2v) is 3.39. The molecule has 72 valence electrons. The van der Waals surface area contributed by atoms with Crippen LogP contribution in [0.3, 0.4) is 0 Å². The lowest BCUT2D eigenvalue weighted by Crippen LogP contribution is -1.99. The van der Waals surface area contributed by atoms with E-state index in [0.717, 1.165) is 17.0 Å². The Bertz CT molecular complexity index is 304. The summed E-state index contributed by atoms with van der Waals surface area (Å²) in [5.41, 5.74) is 1.89. The van der Waals surface area contributed by atoms with Crippen LogP contribution in [0.5, 0.6) is 5.75 Å². The molecule has 0 aliphatic rings. The van der Waals surface area contributed by atoms with E-state index in [1.54, 1.807) is 7.11 Å². The molecule has 0 saturated heterocycles. The second-order valence-electron chi connectivity index (χ2n) is 2.64. The van der Waals surface area contributed by atoms with Gasteiger partial charge in [0.25, 0.3) is 0 Å². The van der Waals surface area contributed by atoms with Crippen molar-refractivity contribution in [2.75, 3.05) is 18.3 Å². The van der Waals surface area contributed by atoms with Crippen molar-refractivity contribution in [1.82, 2.24) is 0 Å². The van der Waals surface area contributed by atoms with E-state index in [2.05, 4.69) is 17.9 Å². The largest absolute Gasteiger partial charge is 0.494 e. The number of benzene rings is 1. The summed E-state index contributed by atoms with van der Waals surface area (Å²) in [4.78, 5) is 0. The molecule has 0 heterocycles. The van der Waals surface area contributed by atoms with Gasteiger partial charge in [-0.05, 0) is 24.6 Å². The molecule has 4 heteroatoms. The topological polar surface area (TPSA) is 21.3 Å². The fourth-order valence-electron chi connectivity index (χ4n) is 1.22. The molecule has 0 unspecified atom stereocenters. The van der Waals surface area contributed by atoms with E-state index >= 15 is 0 Å². The molecule has 0 saturated carbocycles. The first kappa shape index (κ1) is 10.5. The maximum Gasteiger partial charge on any atom is 0.144 e. The standard InChI is InChI=1S/C9H12ClNOS/c1-6-3-7(10)4-8(11-5-13)9(6)12-2/h3-4,11,13H,5H2,1-2H3. The number of thiol groups is 1. The van der Waals surface area contributed by atoms with Crippen molar-refractivity contribution in [2.24, 2.45) is 0 Å². The average Bonchev–Trinajstić information content (AvgIpc) is 2.04. The van der Waals surface area contributed by atoms with Gasteiger partial charge in [0.1, 0.15) is 5.75 Å². The molecule has 0 aromatic heterocycles. The first-order valence-corrected chi connectivity index (χ1v) is 4.89. The van der Waals surface area contributed by atoms with Crippen LogP contribution in [0, 0.1) is 6.92 Å². The maximum absolute atomic E-state index is 5.89. The van der Waals surface area contributed by atoms with Gasteiger partial charge < -0.3 is 10.1 Å². The van der Waals surface area contributed by atoms with Gasteiger partial charge in [-0.25, -0.2) is 0 Å². The fourth-order valence-corrected chi connectivity index (χ4v) is 1.66. The van der Waals surface area contributed by atoms with Crippen molar-refractivity contribution in [3.8, 4) is 5.75 Å². The van der Waals surface area contributed by atoms with E-state index in [-0.39, 0.29) is 0 Å². The van der Waals surface area contributed by atoms with E-state index in [9.17, 15) is 0 Å². The number of halogens is 1. The lowest BCUT2D eigenvalue weighted by molar-refractivity contribution is 0.413. The zero-order valence-corrected chi connectivity index (χ0v) is 9.25. The highest BCUT2D eigenvalue weighted by Gasteiger charge is 2.06. The number of hydrogen-bond donors (Lipinski definition) is 2. The Kier molecular flexibility index (Phi) is 3.75. The molecule has 0 aliphatic carbocycles. The zero-order valence-electron chi connectivity index (χ0n) is 7.60. The average molecular weight is 218 g/mol. The summed E-state index contributed by atoms with van der Waals surface area (Å²) >= 11 is 9.97. The molecule has 0 radical (unpaired) electrons. The molecule has 0 bridgehead atoms. The molecule has 0 fully saturated rings. The minimum atomic E-state index is 0.552. The third-order valence-electron chi connectivity index (χ3n) is 1.71. The minimum Gasteiger partial charge on any atom is -0.494 e. The van der Waals surface area contributed by atoms with Crippen molar-refractivity contribution in [3.05, 3.63) is 22.7 Å². The highest BCUT2D eigenvalue weighted by Crippen LogP contribution is 2.31. The lowest BCUT2D eigenvalue weighted by Gasteiger charge is -2.12. The van der Waals surface area contributed by atoms with Crippen LogP contribution in [-0.2, 0) is 0 Å². The molecule has 1 rings (SSSR count). The number of anilines is 1. The van der Waals surface area contributed by atoms with Crippen LogP contribution < -0.4 is 10.1 Å². The Morgan fingerprint density at radius 1 is 1.54 bits per heavy atom. The molecule has 0 spiro atoms. The van der Waals surface area contributed by atoms with Gasteiger partial charge in [0, 0.05) is 5.02 Å². The number of nitrogens with one attached hydrogen (secondary N) is 1. The Morgan fingerprint density at radius 2 is 2.23 bits per heavy atom. The predicted octanol–water partition coefficient (Wildman–Crippen LogP) is 2.96. The Morgan fingerprint density at radius 3 is 2.77 bits per heavy atom. The van der Waals surface area contributed by atoms with Crippen LogP contribution in [-0.4, -0.2) is 13.0 Å². The van der Waals surface area contributed by atoms with Crippen LogP contribution in [0.1, 0.15) is 5.56 Å². The van der Waals surface area contributed by atoms with Gasteiger partial charge in [-0.15, -0.1) is 0 Å². The molecule has 1 aromatic carbocycles. The summed E-state index contributed by atoms with van der Waals surface area (Å²) in [7, 11) is 1.64. The van der Waals surface area contributed by atoms with Crippen LogP contribution in [0.2, 0.25) is 5.02 Å². The quantitative estimate of drug-likeness (QED) is 0.600. The third kappa shape index (κ3) is 2.45. The molecular weight excluding hydrogens is 206 g/mol. The summed E-state index contributed by atoms with van der Waals surface area (Å²) < 4.78 is 5.23. The van der Waals surface area contributed by atoms with Gasteiger partial charge in [0.15, 0.2) is 0 Å². The number of rotatable bonds is 3. The van der Waals surface area contributed by atoms with Gasteiger partial charge in [-0.1, -0.05) is 11.6 Å². The van der Waals surface area contributed by atoms with Crippen LogP contribution in [0.15, 0.2) is 12.1 Å². The zero-order chi connectivity index (χ0) is 9.84. The smallest absolute Gasteiger partial charge is 0.144 e. The van der Waals surface area contributed by atoms with E-state index in [4.69, 9.17) is 16.3 Å². The van der Waals surface area contributed by atoms with Crippen molar-refractivity contribution < 1.29 is 4.74 Å². The van der Waals surface area contributed by atoms with Gasteiger partial charge in [0.2, 0.25) is 0 Å². The van der Waals surface area contributed by atoms with Crippen LogP contribution in [0.25, 0.3) is 0 Å². The van der Waals surface area contributed by atoms with Crippen molar-refractivity contribution >= 4 is 29.9 Å². The van der Waals surface area contributed by atoms with E-state index in [1.165, 1.54) is 0 Å². The summed E-state index contributed by atoms with van der Waals surface area (Å²) in [6.45, 7) is 1.95. The van der Waals surface area contributed by atoms with Crippen molar-refractivity contribution in [2.45, 2.75) is 6.92 Å². The Labute approximate surface area is 88.6 Å². The normalized spacial score (nSPS) is 9.85. The molecule has 0 amide bonds. The first-order chi connectivity index (χ1) is 6.19. The molecule has 13 heavy (non-hydrogen) atoms. The predicted molar refractivity (Wildman–Crippen MR) is 60.2 cm³/mol. The Hall–Kier alpha value is -0.540. The van der Waals surface area contributed by atoms with Crippen molar-refractivity contribution in [1.29, 1.82) is 0 Å². The SMILES string of the molecule is COc1c(C)cc(Cl)cc1NCS. The molecule has 0 aliphatic heterocycles. The van der Waals surface area contributed by atoms with Gasteiger partial charge in [-0.3, -0.25) is 0 Å². The molecule has 2 nitrogen and oxygen atoms in total. The summed E-state index contributed by atoms with van der Waals surface area (Å²) in [6.07, 6.45) is 0. The van der Waals surface area contributed by atoms with Gasteiger partial charge in [-0.2, -0.15) is 12.6 Å². The van der Waals surface area contributed by atoms with E-state index in [0.29, 0.717) is 10.9 Å².